The second-order valence-corrected chi connectivity index (χ2v) is 12.6. The Hall–Kier alpha value is -3.59. The quantitative estimate of drug-likeness (QED) is 0.239. The van der Waals surface area contributed by atoms with Gasteiger partial charge in [0.2, 0.25) is 0 Å². The van der Waals surface area contributed by atoms with Crippen LogP contribution >= 0.6 is 0 Å². The van der Waals surface area contributed by atoms with Gasteiger partial charge in [-0.1, -0.05) is 12.1 Å². The number of carbonyl (C=O) groups is 1. The van der Waals surface area contributed by atoms with E-state index in [0.29, 0.717) is 42.4 Å². The molecule has 0 bridgehead atoms. The number of hydrogen-bond donors (Lipinski definition) is 0. The summed E-state index contributed by atoms with van der Waals surface area (Å²) < 4.78 is 60.1. The summed E-state index contributed by atoms with van der Waals surface area (Å²) in [5.41, 5.74) is 5.50. The Bertz CT molecular complexity index is 1520. The summed E-state index contributed by atoms with van der Waals surface area (Å²) in [6.07, 6.45) is 4.40. The summed E-state index contributed by atoms with van der Waals surface area (Å²) in [5.74, 6) is 1.38. The van der Waals surface area contributed by atoms with E-state index in [1.54, 1.807) is 12.1 Å². The monoisotopic (exact) mass is 568 g/mol. The normalized spacial score (nSPS) is 15.7. The third-order valence-electron chi connectivity index (χ3n) is 7.36. The molecule has 0 fully saturated rings. The molecule has 0 saturated carbocycles. The van der Waals surface area contributed by atoms with E-state index in [2.05, 4.69) is 0 Å². The molecule has 0 N–H and O–H groups in total. The molecule has 3 aromatic carbocycles. The van der Waals surface area contributed by atoms with Crippen LogP contribution in [0.15, 0.2) is 48.5 Å². The molecule has 3 aromatic rings. The van der Waals surface area contributed by atoms with Crippen molar-refractivity contribution in [2.45, 2.75) is 44.6 Å². The van der Waals surface area contributed by atoms with Crippen molar-refractivity contribution in [1.82, 2.24) is 0 Å². The van der Waals surface area contributed by atoms with Crippen LogP contribution in [0, 0.1) is 5.82 Å². The topological polar surface area (TPSA) is 88.1 Å². The highest BCUT2D eigenvalue weighted by Gasteiger charge is 2.27. The minimum absolute atomic E-state index is 0.0559. The van der Waals surface area contributed by atoms with Crippen molar-refractivity contribution >= 4 is 15.8 Å². The number of hydrogen-bond acceptors (Lipinski definition) is 7. The van der Waals surface area contributed by atoms with Crippen molar-refractivity contribution in [2.24, 2.45) is 0 Å². The third-order valence-corrected chi connectivity index (χ3v) is 8.39. The second kappa shape index (κ2) is 11.9. The van der Waals surface area contributed by atoms with Crippen LogP contribution in [-0.2, 0) is 38.8 Å². The zero-order chi connectivity index (χ0) is 28.3. The Kier molecular flexibility index (Phi) is 8.30. The van der Waals surface area contributed by atoms with E-state index in [-0.39, 0.29) is 36.5 Å². The Balaban J connectivity index is 1.30. The predicted octanol–water partition coefficient (Wildman–Crippen LogP) is 5.41. The minimum atomic E-state index is -3.01. The number of rotatable bonds is 10. The fourth-order valence-corrected chi connectivity index (χ4v) is 5.94. The number of benzene rings is 3. The van der Waals surface area contributed by atoms with Gasteiger partial charge in [-0.2, -0.15) is 0 Å². The first kappa shape index (κ1) is 28.0. The molecule has 0 unspecified atom stereocenters. The molecule has 0 radical (unpaired) electrons. The first-order chi connectivity index (χ1) is 19.2. The van der Waals surface area contributed by atoms with E-state index >= 15 is 4.39 Å². The van der Waals surface area contributed by atoms with Gasteiger partial charge in [0.25, 0.3) is 0 Å². The standard InChI is InChI=1S/C31H33FO7S/c1-36-31(33)16-22-18-39-30-17-25(8-10-27(22)30)38-19-23-14-28-21(15-29(23)32)6-3-5-20-13-24(7-9-26(20)28)37-11-4-12-40(2,34)35/h7-10,13-15,17,22H,3-6,11-12,16,18-19H2,1-2H3/t22-/m1/s1. The molecule has 1 heterocycles. The first-order valence-electron chi connectivity index (χ1n) is 13.4. The molecule has 2 aliphatic rings. The second-order valence-electron chi connectivity index (χ2n) is 10.4. The highest BCUT2D eigenvalue weighted by molar-refractivity contribution is 7.90. The Labute approximate surface area is 234 Å². The van der Waals surface area contributed by atoms with Gasteiger partial charge in [0, 0.05) is 29.4 Å². The molecule has 0 spiro atoms. The van der Waals surface area contributed by atoms with Crippen LogP contribution in [0.2, 0.25) is 0 Å². The molecule has 0 saturated heterocycles. The molecule has 212 valence electrons. The van der Waals surface area contributed by atoms with Gasteiger partial charge in [-0.3, -0.25) is 4.79 Å². The lowest BCUT2D eigenvalue weighted by molar-refractivity contribution is -0.141. The van der Waals surface area contributed by atoms with Crippen LogP contribution in [0.1, 0.15) is 47.4 Å². The maximum atomic E-state index is 15.1. The Morgan fingerprint density at radius 1 is 1.00 bits per heavy atom. The highest BCUT2D eigenvalue weighted by Crippen LogP contribution is 2.39. The number of carbonyl (C=O) groups excluding carboxylic acids is 1. The maximum Gasteiger partial charge on any atom is 0.306 e. The average Bonchev–Trinajstić information content (AvgIpc) is 3.23. The fraction of sp³-hybridized carbons (Fsp3) is 0.387. The Morgan fingerprint density at radius 3 is 2.52 bits per heavy atom. The molecule has 0 aromatic heterocycles. The lowest BCUT2D eigenvalue weighted by Crippen LogP contribution is -2.09. The van der Waals surface area contributed by atoms with Gasteiger partial charge < -0.3 is 18.9 Å². The maximum absolute atomic E-state index is 15.1. The van der Waals surface area contributed by atoms with Crippen LogP contribution in [0.4, 0.5) is 4.39 Å². The lowest BCUT2D eigenvalue weighted by atomic mass is 9.94. The summed E-state index contributed by atoms with van der Waals surface area (Å²) in [5, 5.41) is 0. The van der Waals surface area contributed by atoms with Crippen LogP contribution in [0.3, 0.4) is 0 Å². The molecule has 1 atom stereocenters. The number of aryl methyl sites for hydroxylation is 2. The number of fused-ring (bicyclic) bond motifs is 4. The van der Waals surface area contributed by atoms with Crippen molar-refractivity contribution < 1.29 is 36.6 Å². The van der Waals surface area contributed by atoms with Gasteiger partial charge in [-0.25, -0.2) is 12.8 Å². The molecular formula is C31H33FO7S. The number of ether oxygens (including phenoxy) is 4. The summed E-state index contributed by atoms with van der Waals surface area (Å²) in [4.78, 5) is 11.7. The number of esters is 1. The molecule has 1 aliphatic heterocycles. The summed E-state index contributed by atoms with van der Waals surface area (Å²) in [6.45, 7) is 0.787. The molecule has 0 amide bonds. The zero-order valence-electron chi connectivity index (χ0n) is 22.7. The summed E-state index contributed by atoms with van der Waals surface area (Å²) in [7, 11) is -1.64. The summed E-state index contributed by atoms with van der Waals surface area (Å²) in [6, 6.07) is 14.8. The molecule has 7 nitrogen and oxygen atoms in total. The van der Waals surface area contributed by atoms with E-state index in [1.807, 2.05) is 36.4 Å². The molecule has 9 heteroatoms. The van der Waals surface area contributed by atoms with E-state index in [9.17, 15) is 13.2 Å². The van der Waals surface area contributed by atoms with E-state index in [4.69, 9.17) is 18.9 Å². The smallest absolute Gasteiger partial charge is 0.306 e. The number of halogens is 1. The molecule has 1 aliphatic carbocycles. The molecule has 40 heavy (non-hydrogen) atoms. The van der Waals surface area contributed by atoms with E-state index in [0.717, 1.165) is 47.1 Å². The van der Waals surface area contributed by atoms with Crippen molar-refractivity contribution in [3.05, 3.63) is 76.6 Å². The van der Waals surface area contributed by atoms with Gasteiger partial charge in [-0.05, 0) is 78.3 Å². The van der Waals surface area contributed by atoms with Crippen LogP contribution in [0.25, 0.3) is 11.1 Å². The van der Waals surface area contributed by atoms with Crippen molar-refractivity contribution in [3.8, 4) is 28.4 Å². The minimum Gasteiger partial charge on any atom is -0.494 e. The molecular weight excluding hydrogens is 535 g/mol. The van der Waals surface area contributed by atoms with Crippen molar-refractivity contribution in [2.75, 3.05) is 32.3 Å². The summed E-state index contributed by atoms with van der Waals surface area (Å²) >= 11 is 0. The predicted molar refractivity (Wildman–Crippen MR) is 149 cm³/mol. The van der Waals surface area contributed by atoms with Crippen LogP contribution in [-0.4, -0.2) is 46.7 Å². The fourth-order valence-electron chi connectivity index (χ4n) is 5.30. The first-order valence-corrected chi connectivity index (χ1v) is 15.5. The van der Waals surface area contributed by atoms with Gasteiger partial charge >= 0.3 is 5.97 Å². The third kappa shape index (κ3) is 6.58. The average molecular weight is 569 g/mol. The van der Waals surface area contributed by atoms with Gasteiger partial charge in [0.1, 0.15) is 39.5 Å². The SMILES string of the molecule is COC(=O)C[C@@H]1COc2cc(OCc3cc4c(cc3F)CCCc3cc(OCCCS(C)(=O)=O)ccc3-4)ccc21. The zero-order valence-corrected chi connectivity index (χ0v) is 23.5. The van der Waals surface area contributed by atoms with Gasteiger partial charge in [0.05, 0.1) is 32.5 Å². The van der Waals surface area contributed by atoms with Crippen molar-refractivity contribution in [3.63, 3.8) is 0 Å². The number of sulfone groups is 1. The molecule has 5 rings (SSSR count). The van der Waals surface area contributed by atoms with E-state index < -0.39 is 9.84 Å². The highest BCUT2D eigenvalue weighted by atomic mass is 32.2. The Morgan fingerprint density at radius 2 is 1.75 bits per heavy atom. The van der Waals surface area contributed by atoms with Crippen molar-refractivity contribution in [1.29, 1.82) is 0 Å². The lowest BCUT2D eigenvalue weighted by Gasteiger charge is -2.15. The van der Waals surface area contributed by atoms with Gasteiger partial charge in [0.15, 0.2) is 0 Å². The van der Waals surface area contributed by atoms with E-state index in [1.165, 1.54) is 13.4 Å². The van der Waals surface area contributed by atoms with Crippen LogP contribution in [0.5, 0.6) is 17.2 Å². The number of methoxy groups -OCH3 is 1. The van der Waals surface area contributed by atoms with Crippen LogP contribution < -0.4 is 14.2 Å². The largest absolute Gasteiger partial charge is 0.494 e. The van der Waals surface area contributed by atoms with Gasteiger partial charge in [-0.15, -0.1) is 0 Å².